The van der Waals surface area contributed by atoms with Gasteiger partial charge in [-0.05, 0) is 67.6 Å². The van der Waals surface area contributed by atoms with E-state index in [4.69, 9.17) is 13.6 Å². The largest absolute Gasteiger partial charge is 0.426 e. The maximum absolute atomic E-state index is 6.73. The Bertz CT molecular complexity index is 786. The molecule has 0 saturated heterocycles. The lowest BCUT2D eigenvalue weighted by atomic mass is 9.95. The molecule has 0 radical (unpaired) electrons. The van der Waals surface area contributed by atoms with Gasteiger partial charge in [0, 0.05) is 0 Å². The van der Waals surface area contributed by atoms with Gasteiger partial charge in [0.15, 0.2) is 0 Å². The molecule has 0 aromatic heterocycles. The molecule has 0 aliphatic heterocycles. The van der Waals surface area contributed by atoms with E-state index in [1.165, 1.54) is 165 Å². The van der Waals surface area contributed by atoms with Gasteiger partial charge in [0.05, 0.1) is 13.2 Å². The molecule has 48 heavy (non-hydrogen) atoms. The molecule has 0 spiro atoms. The highest BCUT2D eigenvalue weighted by Crippen LogP contribution is 2.43. The molecule has 1 aromatic rings. The Kier molecular flexibility index (Phi) is 31.7. The average Bonchev–Trinajstić information content (AvgIpc) is 3.06. The van der Waals surface area contributed by atoms with E-state index in [9.17, 15) is 0 Å². The molecule has 0 unspecified atom stereocenters. The van der Waals surface area contributed by atoms with Crippen LogP contribution < -0.4 is 4.52 Å². The van der Waals surface area contributed by atoms with Gasteiger partial charge >= 0.3 is 8.60 Å². The van der Waals surface area contributed by atoms with E-state index >= 15 is 0 Å². The highest BCUT2D eigenvalue weighted by Gasteiger charge is 2.19. The summed E-state index contributed by atoms with van der Waals surface area (Å²) >= 11 is 0. The Balaban J connectivity index is 2.80. The summed E-state index contributed by atoms with van der Waals surface area (Å²) in [4.78, 5) is 0. The standard InChI is InChI=1S/C44H83O3P/c1-7-9-11-13-15-21-27-34-42-35-31-37-44(43(42)36-28-22-16-14-12-10-8-2)47-48(45-38-29-23-17-19-25-32-40(3)4)46-39-30-24-18-20-26-33-41(5)6/h31,35,37,40-41H,7-30,32-34,36,38-39H2,1-6H3. The van der Waals surface area contributed by atoms with Gasteiger partial charge in [0.2, 0.25) is 0 Å². The summed E-state index contributed by atoms with van der Waals surface area (Å²) in [5.41, 5.74) is 2.91. The first-order valence-corrected chi connectivity index (χ1v) is 22.4. The molecule has 0 heterocycles. The van der Waals surface area contributed by atoms with Crippen LogP contribution in [0.2, 0.25) is 0 Å². The number of aryl methyl sites for hydroxylation is 1. The molecule has 0 N–H and O–H groups in total. The van der Waals surface area contributed by atoms with E-state index in [-0.39, 0.29) is 0 Å². The van der Waals surface area contributed by atoms with Crippen molar-refractivity contribution in [3.8, 4) is 5.75 Å². The molecule has 282 valence electrons. The van der Waals surface area contributed by atoms with E-state index in [1.54, 1.807) is 0 Å². The van der Waals surface area contributed by atoms with E-state index < -0.39 is 8.60 Å². The minimum absolute atomic E-state index is 0.732. The quantitative estimate of drug-likeness (QED) is 0.0518. The van der Waals surface area contributed by atoms with Crippen LogP contribution in [0.1, 0.15) is 220 Å². The second kappa shape index (κ2) is 33.5. The van der Waals surface area contributed by atoms with Crippen molar-refractivity contribution < 1.29 is 13.6 Å². The molecule has 0 aliphatic rings. The Morgan fingerprint density at radius 3 is 1.38 bits per heavy atom. The Morgan fingerprint density at radius 1 is 0.479 bits per heavy atom. The third-order valence-corrected chi connectivity index (χ3v) is 10.9. The van der Waals surface area contributed by atoms with Crippen molar-refractivity contribution in [1.82, 2.24) is 0 Å². The summed E-state index contributed by atoms with van der Waals surface area (Å²) in [6.45, 7) is 15.4. The van der Waals surface area contributed by atoms with E-state index in [1.807, 2.05) is 0 Å². The SMILES string of the molecule is CCCCCCCCCc1cccc(OP(OCCCCCCCC(C)C)OCCCCCCCC(C)C)c1CCCCCCCCC. The summed E-state index contributed by atoms with van der Waals surface area (Å²) in [6, 6.07) is 6.77. The summed E-state index contributed by atoms with van der Waals surface area (Å²) in [5, 5.41) is 0. The lowest BCUT2D eigenvalue weighted by Crippen LogP contribution is -2.04. The number of hydrogen-bond donors (Lipinski definition) is 0. The zero-order chi connectivity index (χ0) is 34.9. The Morgan fingerprint density at radius 2 is 0.896 bits per heavy atom. The smallest absolute Gasteiger partial charge is 0.397 e. The van der Waals surface area contributed by atoms with Crippen molar-refractivity contribution >= 4 is 8.60 Å². The number of hydrogen-bond acceptors (Lipinski definition) is 3. The summed E-state index contributed by atoms with van der Waals surface area (Å²) < 4.78 is 19.5. The normalized spacial score (nSPS) is 11.9. The number of benzene rings is 1. The zero-order valence-electron chi connectivity index (χ0n) is 33.3. The van der Waals surface area contributed by atoms with Crippen molar-refractivity contribution in [2.24, 2.45) is 11.8 Å². The van der Waals surface area contributed by atoms with E-state index in [0.29, 0.717) is 0 Å². The molecule has 1 rings (SSSR count). The fourth-order valence-electron chi connectivity index (χ4n) is 6.56. The van der Waals surface area contributed by atoms with Gasteiger partial charge in [-0.15, -0.1) is 0 Å². The molecular formula is C44H83O3P. The lowest BCUT2D eigenvalue weighted by molar-refractivity contribution is 0.198. The van der Waals surface area contributed by atoms with Crippen molar-refractivity contribution in [2.75, 3.05) is 13.2 Å². The van der Waals surface area contributed by atoms with Crippen molar-refractivity contribution in [3.05, 3.63) is 29.3 Å². The predicted molar refractivity (Wildman–Crippen MR) is 214 cm³/mol. The first-order chi connectivity index (χ1) is 23.5. The molecule has 0 amide bonds. The van der Waals surface area contributed by atoms with Gasteiger partial charge in [-0.2, -0.15) is 0 Å². The molecule has 0 fully saturated rings. The van der Waals surface area contributed by atoms with Crippen LogP contribution >= 0.6 is 8.60 Å². The maximum atomic E-state index is 6.73. The van der Waals surface area contributed by atoms with Crippen LogP contribution in [-0.2, 0) is 21.9 Å². The first-order valence-electron chi connectivity index (χ1n) is 21.3. The summed E-state index contributed by atoms with van der Waals surface area (Å²) in [6.07, 6.45) is 36.4. The van der Waals surface area contributed by atoms with Gasteiger partial charge in [-0.3, -0.25) is 0 Å². The van der Waals surface area contributed by atoms with E-state index in [0.717, 1.165) is 56.5 Å². The van der Waals surface area contributed by atoms with Gasteiger partial charge in [-0.1, -0.05) is 195 Å². The number of rotatable bonds is 36. The predicted octanol–water partition coefficient (Wildman–Crippen LogP) is 15.9. The molecule has 0 saturated carbocycles. The van der Waals surface area contributed by atoms with Crippen LogP contribution in [0.5, 0.6) is 5.75 Å². The minimum Gasteiger partial charge on any atom is -0.426 e. The number of unbranched alkanes of at least 4 members (excludes halogenated alkanes) is 20. The highest BCUT2D eigenvalue weighted by molar-refractivity contribution is 7.42. The average molecular weight is 691 g/mol. The zero-order valence-corrected chi connectivity index (χ0v) is 34.2. The Hall–Kier alpha value is -0.630. The van der Waals surface area contributed by atoms with Gasteiger partial charge in [-0.25, -0.2) is 0 Å². The Labute approximate surface area is 302 Å². The van der Waals surface area contributed by atoms with Gasteiger partial charge in [0.25, 0.3) is 0 Å². The molecule has 0 atom stereocenters. The summed E-state index contributed by atoms with van der Waals surface area (Å²) in [7, 11) is -1.39. The fraction of sp³-hybridized carbons (Fsp3) is 0.864. The minimum atomic E-state index is -1.39. The topological polar surface area (TPSA) is 27.7 Å². The third kappa shape index (κ3) is 27.1. The van der Waals surface area contributed by atoms with Crippen LogP contribution in [0.4, 0.5) is 0 Å². The van der Waals surface area contributed by atoms with Crippen LogP contribution in [-0.4, -0.2) is 13.2 Å². The lowest BCUT2D eigenvalue weighted by Gasteiger charge is -2.21. The van der Waals surface area contributed by atoms with Gasteiger partial charge in [0.1, 0.15) is 5.75 Å². The molecule has 1 aromatic carbocycles. The summed E-state index contributed by atoms with van der Waals surface area (Å²) in [5.74, 6) is 2.65. The molecule has 4 heteroatoms. The first kappa shape index (κ1) is 45.4. The molecule has 0 bridgehead atoms. The van der Waals surface area contributed by atoms with Crippen LogP contribution in [0.3, 0.4) is 0 Å². The second-order valence-electron chi connectivity index (χ2n) is 15.5. The highest BCUT2D eigenvalue weighted by atomic mass is 31.2. The van der Waals surface area contributed by atoms with Crippen LogP contribution in [0.15, 0.2) is 18.2 Å². The maximum Gasteiger partial charge on any atom is 0.397 e. The van der Waals surface area contributed by atoms with Crippen molar-refractivity contribution in [1.29, 1.82) is 0 Å². The fourth-order valence-corrected chi connectivity index (χ4v) is 7.63. The monoisotopic (exact) mass is 691 g/mol. The molecular weight excluding hydrogens is 607 g/mol. The van der Waals surface area contributed by atoms with Gasteiger partial charge < -0.3 is 13.6 Å². The van der Waals surface area contributed by atoms with E-state index in [2.05, 4.69) is 59.7 Å². The molecule has 3 nitrogen and oxygen atoms in total. The third-order valence-electron chi connectivity index (χ3n) is 9.73. The van der Waals surface area contributed by atoms with Crippen LogP contribution in [0, 0.1) is 11.8 Å². The second-order valence-corrected chi connectivity index (χ2v) is 16.7. The van der Waals surface area contributed by atoms with Crippen molar-refractivity contribution in [3.63, 3.8) is 0 Å². The molecule has 0 aliphatic carbocycles. The van der Waals surface area contributed by atoms with Crippen molar-refractivity contribution in [2.45, 2.75) is 221 Å². The van der Waals surface area contributed by atoms with Crippen LogP contribution in [0.25, 0.3) is 0 Å².